The van der Waals surface area contributed by atoms with Crippen LogP contribution in [-0.4, -0.2) is 40.6 Å². The highest BCUT2D eigenvalue weighted by atomic mass is 32.2. The van der Waals surface area contributed by atoms with Crippen molar-refractivity contribution in [2.75, 3.05) is 25.3 Å². The van der Waals surface area contributed by atoms with Gasteiger partial charge in [0.2, 0.25) is 11.0 Å². The van der Waals surface area contributed by atoms with Crippen LogP contribution in [0.25, 0.3) is 11.3 Å². The number of ether oxygens (including phenoxy) is 2. The summed E-state index contributed by atoms with van der Waals surface area (Å²) < 4.78 is 11.2. The van der Waals surface area contributed by atoms with Crippen molar-refractivity contribution in [2.45, 2.75) is 16.5 Å². The summed E-state index contributed by atoms with van der Waals surface area (Å²) in [7, 11) is 3.17. The largest absolute Gasteiger partial charge is 0.493 e. The van der Waals surface area contributed by atoms with Crippen molar-refractivity contribution >= 4 is 50.6 Å². The van der Waals surface area contributed by atoms with Gasteiger partial charge < -0.3 is 20.5 Å². The van der Waals surface area contributed by atoms with E-state index in [1.807, 2.05) is 23.6 Å². The van der Waals surface area contributed by atoms with Crippen molar-refractivity contribution in [3.05, 3.63) is 23.6 Å². The van der Waals surface area contributed by atoms with Crippen LogP contribution in [0.5, 0.6) is 11.5 Å². The minimum Gasteiger partial charge on any atom is -0.493 e. The highest BCUT2D eigenvalue weighted by Gasteiger charge is 2.18. The molecule has 142 valence electrons. The number of nitrogens with one attached hydrogen (secondary N) is 1. The lowest BCUT2D eigenvalue weighted by Crippen LogP contribution is -2.22. The molecule has 0 aliphatic carbocycles. The van der Waals surface area contributed by atoms with E-state index in [4.69, 9.17) is 15.2 Å². The topological polar surface area (TPSA) is 112 Å². The van der Waals surface area contributed by atoms with Crippen molar-refractivity contribution in [3.63, 3.8) is 0 Å². The predicted molar refractivity (Wildman–Crippen MR) is 109 cm³/mol. The molecule has 2 heterocycles. The minimum atomic E-state index is -0.356. The molecule has 3 rings (SSSR count). The first kappa shape index (κ1) is 19.4. The highest BCUT2D eigenvalue weighted by Crippen LogP contribution is 2.34. The average molecular weight is 424 g/mol. The molecule has 0 saturated carbocycles. The highest BCUT2D eigenvalue weighted by molar-refractivity contribution is 8.02. The predicted octanol–water partition coefficient (Wildman–Crippen LogP) is 3.38. The van der Waals surface area contributed by atoms with Crippen LogP contribution in [0.1, 0.15) is 6.92 Å². The number of amides is 1. The van der Waals surface area contributed by atoms with Crippen molar-refractivity contribution in [3.8, 4) is 22.8 Å². The lowest BCUT2D eigenvalue weighted by molar-refractivity contribution is -0.115. The van der Waals surface area contributed by atoms with Gasteiger partial charge in [-0.05, 0) is 25.1 Å². The first-order chi connectivity index (χ1) is 13.0. The summed E-state index contributed by atoms with van der Waals surface area (Å²) >= 11 is 3.91. The number of nitrogens with two attached hydrogens (primary N) is 1. The number of rotatable bonds is 7. The van der Waals surface area contributed by atoms with Crippen LogP contribution in [-0.2, 0) is 4.79 Å². The molecule has 27 heavy (non-hydrogen) atoms. The number of nitrogens with zero attached hydrogens (tertiary/aromatic N) is 3. The van der Waals surface area contributed by atoms with Crippen LogP contribution in [0.4, 0.5) is 10.3 Å². The second-order valence-electron chi connectivity index (χ2n) is 5.26. The molecule has 1 unspecified atom stereocenters. The molecule has 1 aromatic carbocycles. The van der Waals surface area contributed by atoms with Crippen LogP contribution in [0.2, 0.25) is 0 Å². The monoisotopic (exact) mass is 423 g/mol. The molecular formula is C16H17N5O3S3. The molecule has 0 radical (unpaired) electrons. The molecule has 2 aromatic heterocycles. The Balaban J connectivity index is 1.67. The normalized spacial score (nSPS) is 11.8. The van der Waals surface area contributed by atoms with Crippen molar-refractivity contribution in [2.24, 2.45) is 0 Å². The molecule has 0 fully saturated rings. The number of carbonyl (C=O) groups excluding carboxylic acids is 1. The summed E-state index contributed by atoms with van der Waals surface area (Å²) in [6, 6.07) is 5.55. The van der Waals surface area contributed by atoms with E-state index in [1.54, 1.807) is 21.1 Å². The molecule has 0 aliphatic heterocycles. The fraction of sp³-hybridized carbons (Fsp3) is 0.250. The number of aromatic nitrogens is 3. The third-order valence-electron chi connectivity index (χ3n) is 3.48. The smallest absolute Gasteiger partial charge is 0.239 e. The Labute approximate surface area is 168 Å². The van der Waals surface area contributed by atoms with E-state index in [0.717, 1.165) is 11.3 Å². The van der Waals surface area contributed by atoms with Gasteiger partial charge in [-0.1, -0.05) is 23.1 Å². The molecule has 1 atom stereocenters. The van der Waals surface area contributed by atoms with Crippen LogP contribution in [0, 0.1) is 0 Å². The Kier molecular flexibility index (Phi) is 6.14. The number of carbonyl (C=O) groups is 1. The summed E-state index contributed by atoms with van der Waals surface area (Å²) in [5.41, 5.74) is 7.17. The van der Waals surface area contributed by atoms with Crippen LogP contribution in [0.3, 0.4) is 0 Å². The Morgan fingerprint density at radius 1 is 1.26 bits per heavy atom. The van der Waals surface area contributed by atoms with E-state index in [2.05, 4.69) is 20.5 Å². The first-order valence-electron chi connectivity index (χ1n) is 7.74. The summed E-state index contributed by atoms with van der Waals surface area (Å²) in [4.78, 5) is 16.9. The van der Waals surface area contributed by atoms with Gasteiger partial charge in [-0.2, -0.15) is 0 Å². The van der Waals surface area contributed by atoms with E-state index >= 15 is 0 Å². The van der Waals surface area contributed by atoms with Crippen molar-refractivity contribution in [1.29, 1.82) is 0 Å². The lowest BCUT2D eigenvalue weighted by atomic mass is 10.1. The maximum atomic E-state index is 12.4. The molecule has 8 nitrogen and oxygen atoms in total. The first-order valence-corrected chi connectivity index (χ1v) is 10.3. The maximum absolute atomic E-state index is 12.4. The molecular weight excluding hydrogens is 406 g/mol. The number of thiazole rings is 1. The van der Waals surface area contributed by atoms with Crippen molar-refractivity contribution in [1.82, 2.24) is 15.2 Å². The van der Waals surface area contributed by atoms with Gasteiger partial charge in [0.05, 0.1) is 25.2 Å². The Morgan fingerprint density at radius 3 is 2.70 bits per heavy atom. The second kappa shape index (κ2) is 8.55. The summed E-state index contributed by atoms with van der Waals surface area (Å²) in [6.07, 6.45) is 0. The van der Waals surface area contributed by atoms with E-state index in [0.29, 0.717) is 26.1 Å². The molecule has 1 amide bonds. The van der Waals surface area contributed by atoms with Gasteiger partial charge in [0.1, 0.15) is 0 Å². The molecule has 3 aromatic rings. The molecule has 3 N–H and O–H groups in total. The van der Waals surface area contributed by atoms with E-state index in [1.165, 1.54) is 34.4 Å². The van der Waals surface area contributed by atoms with Gasteiger partial charge >= 0.3 is 0 Å². The van der Waals surface area contributed by atoms with E-state index < -0.39 is 0 Å². The third-order valence-corrected chi connectivity index (χ3v) is 6.18. The number of benzene rings is 1. The number of hydrogen-bond acceptors (Lipinski definition) is 10. The number of thioether (sulfide) groups is 1. The molecule has 0 aliphatic rings. The zero-order valence-corrected chi connectivity index (χ0v) is 17.2. The average Bonchev–Trinajstić information content (AvgIpc) is 3.30. The Morgan fingerprint density at radius 2 is 2.04 bits per heavy atom. The summed E-state index contributed by atoms with van der Waals surface area (Å²) in [5, 5.41) is 12.9. The van der Waals surface area contributed by atoms with Crippen LogP contribution < -0.4 is 20.5 Å². The third kappa shape index (κ3) is 4.67. The molecule has 0 bridgehead atoms. The quantitative estimate of drug-likeness (QED) is 0.556. The number of anilines is 2. The van der Waals surface area contributed by atoms with Gasteiger partial charge in [0, 0.05) is 10.9 Å². The van der Waals surface area contributed by atoms with Crippen LogP contribution in [0.15, 0.2) is 27.9 Å². The summed E-state index contributed by atoms with van der Waals surface area (Å²) in [6.45, 7) is 1.79. The Hall–Kier alpha value is -2.37. The van der Waals surface area contributed by atoms with Gasteiger partial charge in [0.25, 0.3) is 0 Å². The molecule has 11 heteroatoms. The maximum Gasteiger partial charge on any atom is 0.239 e. The zero-order valence-electron chi connectivity index (χ0n) is 14.8. The SMILES string of the molecule is COc1ccc(-c2csc(NC(=O)C(C)Sc3nnc(N)s3)n2)cc1OC. The number of methoxy groups -OCH3 is 2. The zero-order chi connectivity index (χ0) is 19.4. The Bertz CT molecular complexity index is 943. The molecule has 0 spiro atoms. The van der Waals surface area contributed by atoms with E-state index in [-0.39, 0.29) is 11.2 Å². The number of hydrogen-bond donors (Lipinski definition) is 2. The van der Waals surface area contributed by atoms with Crippen LogP contribution >= 0.6 is 34.4 Å². The molecule has 0 saturated heterocycles. The van der Waals surface area contributed by atoms with Gasteiger partial charge in [-0.25, -0.2) is 4.98 Å². The van der Waals surface area contributed by atoms with E-state index in [9.17, 15) is 4.79 Å². The minimum absolute atomic E-state index is 0.165. The van der Waals surface area contributed by atoms with Gasteiger partial charge in [0.15, 0.2) is 21.0 Å². The fourth-order valence-electron chi connectivity index (χ4n) is 2.14. The van der Waals surface area contributed by atoms with Gasteiger partial charge in [-0.15, -0.1) is 21.5 Å². The fourth-order valence-corrected chi connectivity index (χ4v) is 4.64. The lowest BCUT2D eigenvalue weighted by Gasteiger charge is -2.08. The van der Waals surface area contributed by atoms with Gasteiger partial charge in [-0.3, -0.25) is 4.79 Å². The standard InChI is InChI=1S/C16H17N5O3S3/c1-8(26-16-21-20-14(17)27-16)13(22)19-15-18-10(7-25-15)9-4-5-11(23-2)12(6-9)24-3/h4-8H,1-3H3,(H2,17,20)(H,18,19,22). The second-order valence-corrected chi connectivity index (χ2v) is 8.72. The summed E-state index contributed by atoms with van der Waals surface area (Å²) in [5.74, 6) is 1.10. The number of nitrogen functional groups attached to an aromatic ring is 1. The van der Waals surface area contributed by atoms with Crippen molar-refractivity contribution < 1.29 is 14.3 Å².